The number of rotatable bonds is 3. The Labute approximate surface area is 114 Å². The molecule has 1 unspecified atom stereocenters. The summed E-state index contributed by atoms with van der Waals surface area (Å²) in [6.07, 6.45) is 5.77. The molecule has 5 nitrogen and oxygen atoms in total. The average Bonchev–Trinajstić information content (AvgIpc) is 2.29. The molecule has 0 aliphatic carbocycles. The number of aromatic nitrogens is 2. The van der Waals surface area contributed by atoms with Crippen molar-refractivity contribution in [2.24, 2.45) is 5.73 Å². The lowest BCUT2D eigenvalue weighted by Crippen LogP contribution is -2.24. The summed E-state index contributed by atoms with van der Waals surface area (Å²) in [5, 5.41) is 0. The summed E-state index contributed by atoms with van der Waals surface area (Å²) < 4.78 is 23.1. The number of hydrogen-bond acceptors (Lipinski definition) is 5. The van der Waals surface area contributed by atoms with E-state index in [1.165, 1.54) is 0 Å². The second kappa shape index (κ2) is 6.45. The first kappa shape index (κ1) is 15.3. The van der Waals surface area contributed by atoms with Gasteiger partial charge >= 0.3 is 0 Å². The molecule has 1 saturated heterocycles. The third kappa shape index (κ3) is 3.90. The van der Waals surface area contributed by atoms with Gasteiger partial charge in [0, 0.05) is 24.7 Å². The Hall–Kier alpha value is -0.720. The van der Waals surface area contributed by atoms with Crippen LogP contribution < -0.4 is 5.73 Å². The summed E-state index contributed by atoms with van der Waals surface area (Å²) in [5.74, 6) is 1.32. The van der Waals surface area contributed by atoms with Gasteiger partial charge in [0.15, 0.2) is 9.84 Å². The molecule has 0 radical (unpaired) electrons. The zero-order chi connectivity index (χ0) is 12.3. The molecule has 1 fully saturated rings. The van der Waals surface area contributed by atoms with Gasteiger partial charge in [-0.25, -0.2) is 18.4 Å². The normalized spacial score (nSPS) is 22.2. The Morgan fingerprint density at radius 2 is 2.00 bits per heavy atom. The second-order valence-corrected chi connectivity index (χ2v) is 6.65. The maximum absolute atomic E-state index is 11.5. The summed E-state index contributed by atoms with van der Waals surface area (Å²) >= 11 is 0. The van der Waals surface area contributed by atoms with Gasteiger partial charge in [-0.05, 0) is 24.9 Å². The standard InChI is InChI=1S/C11H17N3O2S.ClH/c12-4-3-11-13-6-10(7-14-11)9-2-1-5-17(15,16)8-9;/h6-7,9H,1-5,8,12H2;1H. The van der Waals surface area contributed by atoms with Crippen molar-refractivity contribution in [3.8, 4) is 0 Å². The maximum Gasteiger partial charge on any atom is 0.150 e. The van der Waals surface area contributed by atoms with Crippen LogP contribution in [0.4, 0.5) is 0 Å². The average molecular weight is 292 g/mol. The molecule has 1 aliphatic heterocycles. The van der Waals surface area contributed by atoms with E-state index in [1.807, 2.05) is 0 Å². The summed E-state index contributed by atoms with van der Waals surface area (Å²) in [6.45, 7) is 0.525. The first-order valence-corrected chi connectivity index (χ1v) is 7.64. The van der Waals surface area contributed by atoms with E-state index in [0.29, 0.717) is 18.7 Å². The van der Waals surface area contributed by atoms with E-state index in [0.717, 1.165) is 24.2 Å². The molecule has 0 bridgehead atoms. The van der Waals surface area contributed by atoms with Gasteiger partial charge in [0.25, 0.3) is 0 Å². The highest BCUT2D eigenvalue weighted by atomic mass is 35.5. The number of sulfone groups is 1. The third-order valence-electron chi connectivity index (χ3n) is 3.03. The van der Waals surface area contributed by atoms with Gasteiger partial charge in [0.05, 0.1) is 11.5 Å². The highest BCUT2D eigenvalue weighted by Crippen LogP contribution is 2.27. The van der Waals surface area contributed by atoms with E-state index in [4.69, 9.17) is 5.73 Å². The quantitative estimate of drug-likeness (QED) is 0.885. The molecule has 18 heavy (non-hydrogen) atoms. The van der Waals surface area contributed by atoms with Gasteiger partial charge in [-0.2, -0.15) is 0 Å². The number of nitrogens with two attached hydrogens (primary N) is 1. The van der Waals surface area contributed by atoms with Crippen LogP contribution in [-0.2, 0) is 16.3 Å². The van der Waals surface area contributed by atoms with Crippen LogP contribution in [0.15, 0.2) is 12.4 Å². The topological polar surface area (TPSA) is 85.9 Å². The van der Waals surface area contributed by atoms with Crippen molar-refractivity contribution in [1.82, 2.24) is 9.97 Å². The van der Waals surface area contributed by atoms with Gasteiger partial charge in [-0.3, -0.25) is 0 Å². The van der Waals surface area contributed by atoms with Crippen LogP contribution in [0.5, 0.6) is 0 Å². The summed E-state index contributed by atoms with van der Waals surface area (Å²) in [4.78, 5) is 8.41. The molecule has 0 saturated carbocycles. The van der Waals surface area contributed by atoms with Crippen LogP contribution in [0.3, 0.4) is 0 Å². The van der Waals surface area contributed by atoms with E-state index in [2.05, 4.69) is 9.97 Å². The lowest BCUT2D eigenvalue weighted by molar-refractivity contribution is 0.552. The molecule has 2 N–H and O–H groups in total. The lowest BCUT2D eigenvalue weighted by atomic mass is 9.99. The molecule has 1 aromatic heterocycles. The molecule has 0 aromatic carbocycles. The van der Waals surface area contributed by atoms with Crippen LogP contribution in [0, 0.1) is 0 Å². The highest BCUT2D eigenvalue weighted by Gasteiger charge is 2.26. The Morgan fingerprint density at radius 3 is 2.56 bits per heavy atom. The Morgan fingerprint density at radius 1 is 1.33 bits per heavy atom. The molecule has 7 heteroatoms. The monoisotopic (exact) mass is 291 g/mol. The van der Waals surface area contributed by atoms with E-state index in [-0.39, 0.29) is 24.1 Å². The van der Waals surface area contributed by atoms with Crippen LogP contribution in [0.25, 0.3) is 0 Å². The molecule has 2 heterocycles. The van der Waals surface area contributed by atoms with Crippen molar-refractivity contribution in [3.63, 3.8) is 0 Å². The predicted molar refractivity (Wildman–Crippen MR) is 72.7 cm³/mol. The van der Waals surface area contributed by atoms with Crippen molar-refractivity contribution in [2.75, 3.05) is 18.1 Å². The molecule has 102 valence electrons. The highest BCUT2D eigenvalue weighted by molar-refractivity contribution is 7.91. The fraction of sp³-hybridized carbons (Fsp3) is 0.636. The van der Waals surface area contributed by atoms with Gasteiger partial charge in [-0.1, -0.05) is 0 Å². The minimum absolute atomic E-state index is 0. The van der Waals surface area contributed by atoms with Gasteiger partial charge in [-0.15, -0.1) is 12.4 Å². The number of nitrogens with zero attached hydrogens (tertiary/aromatic N) is 2. The van der Waals surface area contributed by atoms with E-state index in [9.17, 15) is 8.42 Å². The SMILES string of the molecule is Cl.NCCc1ncc(C2CCCS(=O)(=O)C2)cn1. The van der Waals surface area contributed by atoms with Crippen molar-refractivity contribution in [1.29, 1.82) is 0 Å². The molecule has 1 atom stereocenters. The van der Waals surface area contributed by atoms with Crippen LogP contribution in [0.1, 0.15) is 30.1 Å². The molecule has 1 aliphatic rings. The Bertz CT molecular complexity index is 476. The summed E-state index contributed by atoms with van der Waals surface area (Å²) in [5.41, 5.74) is 6.34. The van der Waals surface area contributed by atoms with Crippen molar-refractivity contribution in [3.05, 3.63) is 23.8 Å². The van der Waals surface area contributed by atoms with Crippen LogP contribution in [0.2, 0.25) is 0 Å². The van der Waals surface area contributed by atoms with E-state index >= 15 is 0 Å². The smallest absolute Gasteiger partial charge is 0.150 e. The molecular formula is C11H18ClN3O2S. The maximum atomic E-state index is 11.5. The molecule has 0 spiro atoms. The Kier molecular flexibility index (Phi) is 5.49. The minimum atomic E-state index is -2.88. The fourth-order valence-electron chi connectivity index (χ4n) is 2.12. The molecule has 2 rings (SSSR count). The minimum Gasteiger partial charge on any atom is -0.330 e. The van der Waals surface area contributed by atoms with Crippen molar-refractivity contribution in [2.45, 2.75) is 25.2 Å². The van der Waals surface area contributed by atoms with Gasteiger partial charge < -0.3 is 5.73 Å². The predicted octanol–water partition coefficient (Wildman–Crippen LogP) is 0.692. The van der Waals surface area contributed by atoms with Gasteiger partial charge in [0.1, 0.15) is 5.82 Å². The molecule has 1 aromatic rings. The largest absolute Gasteiger partial charge is 0.330 e. The Balaban J connectivity index is 0.00000162. The number of halogens is 1. The van der Waals surface area contributed by atoms with Crippen LogP contribution >= 0.6 is 12.4 Å². The van der Waals surface area contributed by atoms with Crippen molar-refractivity contribution < 1.29 is 8.42 Å². The summed E-state index contributed by atoms with van der Waals surface area (Å²) in [6, 6.07) is 0. The second-order valence-electron chi connectivity index (χ2n) is 4.42. The zero-order valence-corrected chi connectivity index (χ0v) is 11.7. The lowest BCUT2D eigenvalue weighted by Gasteiger charge is -2.21. The fourth-order valence-corrected chi connectivity index (χ4v) is 3.86. The third-order valence-corrected chi connectivity index (χ3v) is 4.85. The van der Waals surface area contributed by atoms with E-state index < -0.39 is 9.84 Å². The molecular weight excluding hydrogens is 274 g/mol. The molecule has 0 amide bonds. The van der Waals surface area contributed by atoms with Gasteiger partial charge in [0.2, 0.25) is 0 Å². The first-order valence-electron chi connectivity index (χ1n) is 5.82. The first-order chi connectivity index (χ1) is 8.11. The zero-order valence-electron chi connectivity index (χ0n) is 10.1. The van der Waals surface area contributed by atoms with E-state index in [1.54, 1.807) is 12.4 Å². The van der Waals surface area contributed by atoms with Crippen LogP contribution in [-0.4, -0.2) is 36.4 Å². The summed E-state index contributed by atoms with van der Waals surface area (Å²) in [7, 11) is -2.88. The van der Waals surface area contributed by atoms with Crippen molar-refractivity contribution >= 4 is 22.2 Å². The number of hydrogen-bond donors (Lipinski definition) is 1.